The summed E-state index contributed by atoms with van der Waals surface area (Å²) in [6.45, 7) is 8.04. The summed E-state index contributed by atoms with van der Waals surface area (Å²) in [6, 6.07) is 11.0. The maximum Gasteiger partial charge on any atom is 0.329 e. The number of methoxy groups -OCH3 is 1. The molecule has 8 nitrogen and oxygen atoms in total. The Balaban J connectivity index is 1.92. The molecule has 0 bridgehead atoms. The van der Waals surface area contributed by atoms with E-state index in [0.717, 1.165) is 16.0 Å². The van der Waals surface area contributed by atoms with E-state index in [-0.39, 0.29) is 5.70 Å². The van der Waals surface area contributed by atoms with E-state index in [1.165, 1.54) is 18.7 Å². The standard InChI is InChI=1S/C26H28N2O6/c1-5-7-20-12-19(13-21-25(30)28(26(31)27-21)15-23(29)32-4)14-22(33-6-2)24(20)34-16-18-10-8-17(3)9-11-18/h5,8-14H,1,6-7,15-16H2,2-4H3,(H,27,31). The summed E-state index contributed by atoms with van der Waals surface area (Å²) in [6.07, 6.45) is 3.80. The van der Waals surface area contributed by atoms with Gasteiger partial charge in [-0.2, -0.15) is 0 Å². The number of hydrogen-bond acceptors (Lipinski definition) is 6. The summed E-state index contributed by atoms with van der Waals surface area (Å²) >= 11 is 0. The molecule has 0 aliphatic carbocycles. The average Bonchev–Trinajstić information content (AvgIpc) is 3.07. The SMILES string of the molecule is C=CCc1cc(C=C2NC(=O)N(CC(=O)OC)C2=O)cc(OCC)c1OCc1ccc(C)cc1. The Labute approximate surface area is 198 Å². The molecular weight excluding hydrogens is 436 g/mol. The van der Waals surface area contributed by atoms with Crippen molar-refractivity contribution in [3.05, 3.63) is 77.0 Å². The van der Waals surface area contributed by atoms with E-state index < -0.39 is 24.5 Å². The minimum atomic E-state index is -0.688. The Kier molecular flexibility index (Phi) is 8.08. The molecule has 34 heavy (non-hydrogen) atoms. The number of aryl methyl sites for hydroxylation is 1. The first-order valence-electron chi connectivity index (χ1n) is 10.9. The van der Waals surface area contributed by atoms with Gasteiger partial charge in [0.15, 0.2) is 11.5 Å². The predicted molar refractivity (Wildman–Crippen MR) is 127 cm³/mol. The van der Waals surface area contributed by atoms with Crippen LogP contribution in [-0.2, 0) is 27.4 Å². The molecule has 0 unspecified atom stereocenters. The van der Waals surface area contributed by atoms with Gasteiger partial charge in [0.1, 0.15) is 18.8 Å². The monoisotopic (exact) mass is 464 g/mol. The maximum atomic E-state index is 12.6. The maximum absolute atomic E-state index is 12.6. The first-order chi connectivity index (χ1) is 16.4. The van der Waals surface area contributed by atoms with Crippen LogP contribution in [0.3, 0.4) is 0 Å². The first kappa shape index (κ1) is 24.6. The van der Waals surface area contributed by atoms with E-state index in [1.807, 2.05) is 44.2 Å². The van der Waals surface area contributed by atoms with E-state index in [1.54, 1.807) is 12.1 Å². The largest absolute Gasteiger partial charge is 0.490 e. The molecule has 2 aromatic carbocycles. The molecule has 1 aliphatic heterocycles. The van der Waals surface area contributed by atoms with Crippen molar-refractivity contribution in [1.29, 1.82) is 0 Å². The van der Waals surface area contributed by atoms with Crippen LogP contribution in [0.2, 0.25) is 0 Å². The van der Waals surface area contributed by atoms with Crippen LogP contribution >= 0.6 is 0 Å². The summed E-state index contributed by atoms with van der Waals surface area (Å²) in [7, 11) is 1.19. The number of carbonyl (C=O) groups is 3. The van der Waals surface area contributed by atoms with Gasteiger partial charge in [0.05, 0.1) is 13.7 Å². The van der Waals surface area contributed by atoms with Crippen LogP contribution in [0.1, 0.15) is 29.2 Å². The Bertz CT molecular complexity index is 1120. The summed E-state index contributed by atoms with van der Waals surface area (Å²) in [4.78, 5) is 37.1. The number of benzene rings is 2. The van der Waals surface area contributed by atoms with Gasteiger partial charge in [-0.25, -0.2) is 9.69 Å². The molecule has 8 heteroatoms. The Morgan fingerprint density at radius 3 is 2.53 bits per heavy atom. The van der Waals surface area contributed by atoms with Gasteiger partial charge in [0.25, 0.3) is 5.91 Å². The quantitative estimate of drug-likeness (QED) is 0.249. The third-order valence-electron chi connectivity index (χ3n) is 5.11. The van der Waals surface area contributed by atoms with E-state index >= 15 is 0 Å². The van der Waals surface area contributed by atoms with Crippen molar-refractivity contribution < 1.29 is 28.6 Å². The summed E-state index contributed by atoms with van der Waals surface area (Å²) in [5.74, 6) is -0.187. The van der Waals surface area contributed by atoms with Crippen LogP contribution in [0.5, 0.6) is 11.5 Å². The highest BCUT2D eigenvalue weighted by molar-refractivity contribution is 6.15. The average molecular weight is 465 g/mol. The molecule has 0 atom stereocenters. The highest BCUT2D eigenvalue weighted by atomic mass is 16.5. The van der Waals surface area contributed by atoms with Crippen LogP contribution in [-0.4, -0.2) is 43.1 Å². The highest BCUT2D eigenvalue weighted by Crippen LogP contribution is 2.35. The smallest absolute Gasteiger partial charge is 0.329 e. The molecule has 0 saturated carbocycles. The molecular formula is C26H28N2O6. The molecule has 0 spiro atoms. The lowest BCUT2D eigenvalue weighted by Gasteiger charge is -2.17. The minimum absolute atomic E-state index is 0.0502. The highest BCUT2D eigenvalue weighted by Gasteiger charge is 2.35. The van der Waals surface area contributed by atoms with Crippen LogP contribution < -0.4 is 14.8 Å². The Hall–Kier alpha value is -4.07. The molecule has 1 fully saturated rings. The van der Waals surface area contributed by atoms with Crippen molar-refractivity contribution in [3.63, 3.8) is 0 Å². The molecule has 2 aromatic rings. The predicted octanol–water partition coefficient (Wildman–Crippen LogP) is 3.77. The number of nitrogens with one attached hydrogen (secondary N) is 1. The second-order valence-corrected chi connectivity index (χ2v) is 7.66. The zero-order chi connectivity index (χ0) is 24.7. The van der Waals surface area contributed by atoms with Crippen molar-refractivity contribution in [3.8, 4) is 11.5 Å². The van der Waals surface area contributed by atoms with Gasteiger partial charge < -0.3 is 19.5 Å². The van der Waals surface area contributed by atoms with Crippen molar-refractivity contribution in [2.75, 3.05) is 20.3 Å². The lowest BCUT2D eigenvalue weighted by Crippen LogP contribution is -2.36. The number of allylic oxidation sites excluding steroid dienone is 1. The number of carbonyl (C=O) groups excluding carboxylic acids is 3. The zero-order valence-corrected chi connectivity index (χ0v) is 19.6. The van der Waals surface area contributed by atoms with Gasteiger partial charge in [-0.1, -0.05) is 35.9 Å². The molecule has 1 heterocycles. The third kappa shape index (κ3) is 5.83. The molecule has 0 radical (unpaired) electrons. The number of nitrogens with zero attached hydrogens (tertiary/aromatic N) is 1. The van der Waals surface area contributed by atoms with Gasteiger partial charge in [0.2, 0.25) is 0 Å². The number of amides is 3. The summed E-state index contributed by atoms with van der Waals surface area (Å²) in [5, 5.41) is 2.50. The Morgan fingerprint density at radius 2 is 1.88 bits per heavy atom. The van der Waals surface area contributed by atoms with Crippen LogP contribution in [0.15, 0.2) is 54.8 Å². The zero-order valence-electron chi connectivity index (χ0n) is 19.6. The molecule has 1 N–H and O–H groups in total. The van der Waals surface area contributed by atoms with Gasteiger partial charge >= 0.3 is 12.0 Å². The molecule has 1 saturated heterocycles. The lowest BCUT2D eigenvalue weighted by molar-refractivity contribution is -0.143. The third-order valence-corrected chi connectivity index (χ3v) is 5.11. The normalized spacial score (nSPS) is 14.2. The topological polar surface area (TPSA) is 94.2 Å². The molecule has 3 amide bonds. The van der Waals surface area contributed by atoms with Gasteiger partial charge in [-0.3, -0.25) is 9.59 Å². The molecule has 0 aromatic heterocycles. The van der Waals surface area contributed by atoms with Gasteiger partial charge in [-0.15, -0.1) is 6.58 Å². The first-order valence-corrected chi connectivity index (χ1v) is 10.9. The molecule has 1 aliphatic rings. The fraction of sp³-hybridized carbons (Fsp3) is 0.269. The van der Waals surface area contributed by atoms with Gasteiger partial charge in [0, 0.05) is 5.56 Å². The van der Waals surface area contributed by atoms with Crippen molar-refractivity contribution in [1.82, 2.24) is 10.2 Å². The van der Waals surface area contributed by atoms with E-state index in [2.05, 4.69) is 16.6 Å². The number of imide groups is 1. The van der Waals surface area contributed by atoms with Gasteiger partial charge in [-0.05, 0) is 49.6 Å². The van der Waals surface area contributed by atoms with E-state index in [0.29, 0.717) is 36.7 Å². The number of rotatable bonds is 10. The number of esters is 1. The minimum Gasteiger partial charge on any atom is -0.490 e. The van der Waals surface area contributed by atoms with Crippen LogP contribution in [0.4, 0.5) is 4.79 Å². The second-order valence-electron chi connectivity index (χ2n) is 7.66. The fourth-order valence-corrected chi connectivity index (χ4v) is 3.42. The summed E-state index contributed by atoms with van der Waals surface area (Å²) in [5.41, 5.74) is 3.69. The van der Waals surface area contributed by atoms with Crippen molar-refractivity contribution in [2.24, 2.45) is 0 Å². The van der Waals surface area contributed by atoms with Crippen LogP contribution in [0.25, 0.3) is 6.08 Å². The molecule has 3 rings (SSSR count). The Morgan fingerprint density at radius 1 is 1.15 bits per heavy atom. The van der Waals surface area contributed by atoms with E-state index in [9.17, 15) is 14.4 Å². The second kappa shape index (κ2) is 11.2. The number of ether oxygens (including phenoxy) is 3. The van der Waals surface area contributed by atoms with E-state index in [4.69, 9.17) is 9.47 Å². The summed E-state index contributed by atoms with van der Waals surface area (Å²) < 4.78 is 16.5. The number of hydrogen-bond donors (Lipinski definition) is 1. The van der Waals surface area contributed by atoms with Crippen molar-refractivity contribution in [2.45, 2.75) is 26.9 Å². The van der Waals surface area contributed by atoms with Crippen molar-refractivity contribution >= 4 is 24.0 Å². The molecule has 178 valence electrons. The lowest BCUT2D eigenvalue weighted by atomic mass is 10.0. The fourth-order valence-electron chi connectivity index (χ4n) is 3.42. The van der Waals surface area contributed by atoms with Crippen LogP contribution in [0, 0.1) is 6.92 Å². The number of urea groups is 1.